The molecule has 0 saturated carbocycles. The number of aryl methyl sites for hydroxylation is 2. The second-order valence-corrected chi connectivity index (χ2v) is 7.82. The molecule has 0 radical (unpaired) electrons. The van der Waals surface area contributed by atoms with Crippen molar-refractivity contribution in [3.8, 4) is 17.4 Å². The highest BCUT2D eigenvalue weighted by atomic mass is 32.1. The SMILES string of the molecule is Cc1ccc(-c2ccc(C=Nc3sc4c(c3C#N)CCCC4)o2)c([N+](=O)[O-])c1. The molecule has 0 atom stereocenters. The van der Waals surface area contributed by atoms with Gasteiger partial charge in [-0.3, -0.25) is 10.1 Å². The normalized spacial score (nSPS) is 13.4. The Morgan fingerprint density at radius 1 is 1.29 bits per heavy atom. The molecule has 0 spiro atoms. The molecule has 4 rings (SSSR count). The first-order chi connectivity index (χ1) is 13.6. The smallest absolute Gasteiger partial charge is 0.280 e. The molecule has 7 heteroatoms. The van der Waals surface area contributed by atoms with Gasteiger partial charge in [-0.1, -0.05) is 6.07 Å². The van der Waals surface area contributed by atoms with E-state index in [1.165, 1.54) is 10.9 Å². The molecular weight excluding hydrogens is 374 g/mol. The van der Waals surface area contributed by atoms with Crippen molar-refractivity contribution in [3.63, 3.8) is 0 Å². The second kappa shape index (κ2) is 7.41. The van der Waals surface area contributed by atoms with Gasteiger partial charge in [0.1, 0.15) is 22.6 Å². The average Bonchev–Trinajstić information content (AvgIpc) is 3.30. The number of nitro benzene ring substituents is 1. The van der Waals surface area contributed by atoms with E-state index in [-0.39, 0.29) is 5.69 Å². The van der Waals surface area contributed by atoms with Crippen molar-refractivity contribution in [3.05, 3.63) is 67.8 Å². The van der Waals surface area contributed by atoms with E-state index in [9.17, 15) is 15.4 Å². The Balaban J connectivity index is 1.64. The molecule has 0 saturated heterocycles. The molecule has 3 aromatic rings. The highest BCUT2D eigenvalue weighted by molar-refractivity contribution is 7.16. The number of hydrogen-bond acceptors (Lipinski definition) is 6. The zero-order valence-electron chi connectivity index (χ0n) is 15.3. The third kappa shape index (κ3) is 3.35. The lowest BCUT2D eigenvalue weighted by molar-refractivity contribution is -0.384. The van der Waals surface area contributed by atoms with E-state index in [2.05, 4.69) is 11.1 Å². The number of fused-ring (bicyclic) bond motifs is 1. The first-order valence-electron chi connectivity index (χ1n) is 9.01. The number of aliphatic imine (C=N–C) groups is 1. The van der Waals surface area contributed by atoms with Gasteiger partial charge in [0, 0.05) is 10.9 Å². The highest BCUT2D eigenvalue weighted by Crippen LogP contribution is 2.39. The molecule has 2 heterocycles. The summed E-state index contributed by atoms with van der Waals surface area (Å²) in [7, 11) is 0. The molecule has 2 aromatic heterocycles. The van der Waals surface area contributed by atoms with Crippen molar-refractivity contribution in [2.75, 3.05) is 0 Å². The number of benzene rings is 1. The van der Waals surface area contributed by atoms with Crippen LogP contribution in [0.4, 0.5) is 10.7 Å². The minimum atomic E-state index is -0.409. The molecule has 1 aliphatic rings. The lowest BCUT2D eigenvalue weighted by Gasteiger charge is -2.09. The fraction of sp³-hybridized carbons (Fsp3) is 0.238. The standard InChI is InChI=1S/C21H17N3O3S/c1-13-6-8-16(18(10-13)24(25)26)19-9-7-14(27-19)12-23-21-17(11-22)15-4-2-3-5-20(15)28-21/h6-10,12H,2-5H2,1H3. The van der Waals surface area contributed by atoms with Crippen molar-refractivity contribution in [2.24, 2.45) is 4.99 Å². The van der Waals surface area contributed by atoms with Crippen LogP contribution in [-0.2, 0) is 12.8 Å². The highest BCUT2D eigenvalue weighted by Gasteiger charge is 2.21. The van der Waals surface area contributed by atoms with Gasteiger partial charge >= 0.3 is 0 Å². The van der Waals surface area contributed by atoms with Crippen LogP contribution in [0, 0.1) is 28.4 Å². The summed E-state index contributed by atoms with van der Waals surface area (Å²) in [4.78, 5) is 16.7. The summed E-state index contributed by atoms with van der Waals surface area (Å²) in [5.41, 5.74) is 3.06. The predicted octanol–water partition coefficient (Wildman–Crippen LogP) is 5.73. The van der Waals surface area contributed by atoms with Crippen LogP contribution in [0.1, 0.15) is 40.2 Å². The number of nitro groups is 1. The van der Waals surface area contributed by atoms with Gasteiger partial charge in [0.25, 0.3) is 5.69 Å². The summed E-state index contributed by atoms with van der Waals surface area (Å²) < 4.78 is 5.77. The Bertz CT molecular complexity index is 1130. The zero-order chi connectivity index (χ0) is 19.7. The predicted molar refractivity (Wildman–Crippen MR) is 108 cm³/mol. The molecule has 0 amide bonds. The van der Waals surface area contributed by atoms with E-state index in [1.54, 1.807) is 35.8 Å². The molecule has 28 heavy (non-hydrogen) atoms. The van der Waals surface area contributed by atoms with Crippen LogP contribution in [0.2, 0.25) is 0 Å². The summed E-state index contributed by atoms with van der Waals surface area (Å²) in [5.74, 6) is 0.902. The van der Waals surface area contributed by atoms with Crippen LogP contribution in [0.5, 0.6) is 0 Å². The van der Waals surface area contributed by atoms with E-state index in [4.69, 9.17) is 4.42 Å². The minimum Gasteiger partial charge on any atom is -0.455 e. The topological polar surface area (TPSA) is 92.4 Å². The van der Waals surface area contributed by atoms with Gasteiger partial charge in [0.2, 0.25) is 0 Å². The van der Waals surface area contributed by atoms with Crippen molar-refractivity contribution in [1.29, 1.82) is 5.26 Å². The lowest BCUT2D eigenvalue weighted by atomic mass is 9.96. The Morgan fingerprint density at radius 3 is 2.89 bits per heavy atom. The van der Waals surface area contributed by atoms with Crippen LogP contribution in [-0.4, -0.2) is 11.1 Å². The molecule has 0 N–H and O–H groups in total. The third-order valence-corrected chi connectivity index (χ3v) is 6.02. The van der Waals surface area contributed by atoms with Gasteiger partial charge in [0.05, 0.1) is 22.3 Å². The summed E-state index contributed by atoms with van der Waals surface area (Å²) in [6.07, 6.45) is 5.77. The summed E-state index contributed by atoms with van der Waals surface area (Å²) in [6.45, 7) is 1.81. The number of rotatable bonds is 4. The molecule has 0 fully saturated rings. The Morgan fingerprint density at radius 2 is 2.11 bits per heavy atom. The monoisotopic (exact) mass is 391 g/mol. The quantitative estimate of drug-likeness (QED) is 0.323. The van der Waals surface area contributed by atoms with Crippen LogP contribution in [0.15, 0.2) is 39.7 Å². The van der Waals surface area contributed by atoms with E-state index < -0.39 is 4.92 Å². The molecule has 6 nitrogen and oxygen atoms in total. The van der Waals surface area contributed by atoms with Crippen LogP contribution < -0.4 is 0 Å². The van der Waals surface area contributed by atoms with Gasteiger partial charge in [-0.05, 0) is 61.9 Å². The largest absolute Gasteiger partial charge is 0.455 e. The Kier molecular flexibility index (Phi) is 4.80. The Hall–Kier alpha value is -3.24. The number of nitrogens with zero attached hydrogens (tertiary/aromatic N) is 3. The third-order valence-electron chi connectivity index (χ3n) is 4.82. The van der Waals surface area contributed by atoms with Gasteiger partial charge in [-0.15, -0.1) is 11.3 Å². The molecule has 0 bridgehead atoms. The number of hydrogen-bond donors (Lipinski definition) is 0. The fourth-order valence-electron chi connectivity index (χ4n) is 3.45. The van der Waals surface area contributed by atoms with Crippen LogP contribution >= 0.6 is 11.3 Å². The maximum Gasteiger partial charge on any atom is 0.280 e. The summed E-state index contributed by atoms with van der Waals surface area (Å²) >= 11 is 1.57. The van der Waals surface area contributed by atoms with E-state index >= 15 is 0 Å². The maximum absolute atomic E-state index is 11.3. The molecule has 0 unspecified atom stereocenters. The number of nitriles is 1. The van der Waals surface area contributed by atoms with E-state index in [0.29, 0.717) is 27.6 Å². The second-order valence-electron chi connectivity index (χ2n) is 6.74. The zero-order valence-corrected chi connectivity index (χ0v) is 16.1. The molecular formula is C21H17N3O3S. The van der Waals surface area contributed by atoms with Gasteiger partial charge in [0.15, 0.2) is 0 Å². The molecule has 140 valence electrons. The maximum atomic E-state index is 11.3. The average molecular weight is 391 g/mol. The molecule has 0 aliphatic heterocycles. The van der Waals surface area contributed by atoms with Crippen molar-refractivity contribution in [2.45, 2.75) is 32.6 Å². The van der Waals surface area contributed by atoms with Crippen LogP contribution in [0.3, 0.4) is 0 Å². The van der Waals surface area contributed by atoms with Gasteiger partial charge in [-0.2, -0.15) is 5.26 Å². The molecule has 1 aromatic carbocycles. The van der Waals surface area contributed by atoms with Crippen molar-refractivity contribution in [1.82, 2.24) is 0 Å². The van der Waals surface area contributed by atoms with Crippen LogP contribution in [0.25, 0.3) is 11.3 Å². The number of thiophene rings is 1. The first-order valence-corrected chi connectivity index (χ1v) is 9.82. The van der Waals surface area contributed by atoms with E-state index in [0.717, 1.165) is 36.8 Å². The minimum absolute atomic E-state index is 0.00976. The van der Waals surface area contributed by atoms with Gasteiger partial charge in [-0.25, -0.2) is 4.99 Å². The summed E-state index contributed by atoms with van der Waals surface area (Å²) in [5, 5.41) is 21.6. The van der Waals surface area contributed by atoms with Gasteiger partial charge < -0.3 is 4.42 Å². The van der Waals surface area contributed by atoms with Crippen molar-refractivity contribution >= 4 is 28.2 Å². The van der Waals surface area contributed by atoms with Crippen molar-refractivity contribution < 1.29 is 9.34 Å². The number of furan rings is 1. The lowest BCUT2D eigenvalue weighted by Crippen LogP contribution is -1.99. The Labute approximate surface area is 165 Å². The fourth-order valence-corrected chi connectivity index (χ4v) is 4.63. The summed E-state index contributed by atoms with van der Waals surface area (Å²) in [6, 6.07) is 10.7. The molecule has 1 aliphatic carbocycles. The van der Waals surface area contributed by atoms with E-state index in [1.807, 2.05) is 13.0 Å². The first kappa shape index (κ1) is 18.1.